The smallest absolute Gasteiger partial charge is 0.254 e. The average Bonchev–Trinajstić information content (AvgIpc) is 2.53. The Hall–Kier alpha value is -1.65. The maximum absolute atomic E-state index is 12.8. The number of amides is 1. The number of hydrogen-bond donors (Lipinski definition) is 0. The Morgan fingerprint density at radius 3 is 3.10 bits per heavy atom. The quantitative estimate of drug-likeness (QED) is 0.801. The summed E-state index contributed by atoms with van der Waals surface area (Å²) in [7, 11) is 0. The molecule has 2 heterocycles. The van der Waals surface area contributed by atoms with Crippen LogP contribution >= 0.6 is 11.6 Å². The first-order valence-electron chi connectivity index (χ1n) is 7.02. The van der Waals surface area contributed by atoms with Crippen molar-refractivity contribution in [2.24, 2.45) is 0 Å². The summed E-state index contributed by atoms with van der Waals surface area (Å²) in [6.45, 7) is 3.58. The van der Waals surface area contributed by atoms with Crippen LogP contribution in [0.15, 0.2) is 30.3 Å². The second-order valence-corrected chi connectivity index (χ2v) is 5.54. The number of carbonyl (C=O) groups is 1. The summed E-state index contributed by atoms with van der Waals surface area (Å²) >= 11 is 5.84. The molecule has 1 amide bonds. The van der Waals surface area contributed by atoms with Gasteiger partial charge in [0, 0.05) is 24.2 Å². The molecule has 0 saturated carbocycles. The summed E-state index contributed by atoms with van der Waals surface area (Å²) in [4.78, 5) is 19.1. The molecule has 0 aliphatic carbocycles. The first-order chi connectivity index (χ1) is 10.2. The van der Waals surface area contributed by atoms with Gasteiger partial charge in [0.05, 0.1) is 29.7 Å². The molecule has 1 saturated heterocycles. The van der Waals surface area contributed by atoms with Gasteiger partial charge in [-0.05, 0) is 19.1 Å². The van der Waals surface area contributed by atoms with Crippen molar-refractivity contribution >= 4 is 28.4 Å². The molecule has 2 aromatic rings. The van der Waals surface area contributed by atoms with Gasteiger partial charge in [0.15, 0.2) is 0 Å². The molecular formula is C16H17ClN2O2. The van der Waals surface area contributed by atoms with Gasteiger partial charge in [-0.25, -0.2) is 0 Å². The average molecular weight is 305 g/mol. The van der Waals surface area contributed by atoms with E-state index >= 15 is 0 Å². The van der Waals surface area contributed by atoms with Gasteiger partial charge < -0.3 is 9.64 Å². The molecule has 1 aliphatic heterocycles. The van der Waals surface area contributed by atoms with Crippen LogP contribution in [-0.2, 0) is 4.74 Å². The molecule has 1 aromatic carbocycles. The van der Waals surface area contributed by atoms with Crippen LogP contribution in [0.4, 0.5) is 0 Å². The van der Waals surface area contributed by atoms with Crippen molar-refractivity contribution in [3.05, 3.63) is 41.6 Å². The number of aryl methyl sites for hydroxylation is 1. The number of morpholine rings is 1. The Kier molecular flexibility index (Phi) is 4.08. The third-order valence-corrected chi connectivity index (χ3v) is 4.02. The molecule has 1 aromatic heterocycles. The van der Waals surface area contributed by atoms with Crippen LogP contribution in [0.3, 0.4) is 0 Å². The van der Waals surface area contributed by atoms with E-state index in [4.69, 9.17) is 16.3 Å². The highest BCUT2D eigenvalue weighted by Crippen LogP contribution is 2.21. The topological polar surface area (TPSA) is 42.4 Å². The summed E-state index contributed by atoms with van der Waals surface area (Å²) in [5, 5.41) is 0.891. The SMILES string of the molecule is Cc1cc(C(=O)N2CCOC(CCl)C2)c2ccccc2n1. The summed E-state index contributed by atoms with van der Waals surface area (Å²) in [6.07, 6.45) is -0.0847. The van der Waals surface area contributed by atoms with Crippen LogP contribution in [0.25, 0.3) is 10.9 Å². The molecule has 0 radical (unpaired) electrons. The third-order valence-electron chi connectivity index (χ3n) is 3.67. The van der Waals surface area contributed by atoms with Crippen LogP contribution in [-0.4, -0.2) is 47.5 Å². The maximum atomic E-state index is 12.8. The second kappa shape index (κ2) is 6.00. The lowest BCUT2D eigenvalue weighted by Gasteiger charge is -2.32. The number of alkyl halides is 1. The Morgan fingerprint density at radius 1 is 1.48 bits per heavy atom. The van der Waals surface area contributed by atoms with Crippen LogP contribution < -0.4 is 0 Å². The van der Waals surface area contributed by atoms with Gasteiger partial charge in [-0.1, -0.05) is 18.2 Å². The number of halogens is 1. The lowest BCUT2D eigenvalue weighted by molar-refractivity contribution is -0.0107. The van der Waals surface area contributed by atoms with Gasteiger partial charge in [0.25, 0.3) is 5.91 Å². The van der Waals surface area contributed by atoms with E-state index in [-0.39, 0.29) is 12.0 Å². The van der Waals surface area contributed by atoms with Gasteiger partial charge >= 0.3 is 0 Å². The summed E-state index contributed by atoms with van der Waals surface area (Å²) in [6, 6.07) is 9.59. The standard InChI is InChI=1S/C16H17ClN2O2/c1-11-8-14(13-4-2-3-5-15(13)18-11)16(20)19-6-7-21-12(9-17)10-19/h2-5,8,12H,6-7,9-10H2,1H3. The lowest BCUT2D eigenvalue weighted by Crippen LogP contribution is -2.46. The van der Waals surface area contributed by atoms with E-state index in [0.29, 0.717) is 31.1 Å². The summed E-state index contributed by atoms with van der Waals surface area (Å²) < 4.78 is 5.52. The zero-order chi connectivity index (χ0) is 14.8. The first-order valence-corrected chi connectivity index (χ1v) is 7.55. The van der Waals surface area contributed by atoms with Crippen LogP contribution in [0.5, 0.6) is 0 Å². The van der Waals surface area contributed by atoms with Gasteiger partial charge in [-0.15, -0.1) is 11.6 Å². The molecule has 1 unspecified atom stereocenters. The number of pyridine rings is 1. The Labute approximate surface area is 128 Å². The monoisotopic (exact) mass is 304 g/mol. The van der Waals surface area contributed by atoms with Gasteiger partial charge in [0.1, 0.15) is 0 Å². The third kappa shape index (κ3) is 2.87. The molecule has 1 aliphatic rings. The largest absolute Gasteiger partial charge is 0.373 e. The predicted molar refractivity (Wildman–Crippen MR) is 82.8 cm³/mol. The van der Waals surface area contributed by atoms with E-state index in [1.54, 1.807) is 0 Å². The number of rotatable bonds is 2. The number of aromatic nitrogens is 1. The molecule has 21 heavy (non-hydrogen) atoms. The van der Waals surface area contributed by atoms with E-state index in [9.17, 15) is 4.79 Å². The van der Waals surface area contributed by atoms with E-state index in [1.807, 2.05) is 42.2 Å². The molecule has 3 rings (SSSR count). The van der Waals surface area contributed by atoms with Crippen LogP contribution in [0, 0.1) is 6.92 Å². The number of nitrogens with zero attached hydrogens (tertiary/aromatic N) is 2. The lowest BCUT2D eigenvalue weighted by atomic mass is 10.1. The minimum Gasteiger partial charge on any atom is -0.373 e. The fourth-order valence-corrected chi connectivity index (χ4v) is 2.84. The zero-order valence-corrected chi connectivity index (χ0v) is 12.6. The number of ether oxygens (including phenoxy) is 1. The molecule has 0 spiro atoms. The second-order valence-electron chi connectivity index (χ2n) is 5.23. The maximum Gasteiger partial charge on any atom is 0.254 e. The normalized spacial score (nSPS) is 19.0. The van der Waals surface area contributed by atoms with E-state index < -0.39 is 0 Å². The van der Waals surface area contributed by atoms with Crippen molar-refractivity contribution < 1.29 is 9.53 Å². The molecule has 110 valence electrons. The van der Waals surface area contributed by atoms with Crippen molar-refractivity contribution in [1.29, 1.82) is 0 Å². The Morgan fingerprint density at radius 2 is 2.29 bits per heavy atom. The molecular weight excluding hydrogens is 288 g/mol. The van der Waals surface area contributed by atoms with Gasteiger partial charge in [-0.2, -0.15) is 0 Å². The fraction of sp³-hybridized carbons (Fsp3) is 0.375. The number of hydrogen-bond acceptors (Lipinski definition) is 3. The predicted octanol–water partition coefficient (Wildman–Crippen LogP) is 2.62. The zero-order valence-electron chi connectivity index (χ0n) is 11.9. The van der Waals surface area contributed by atoms with Crippen molar-refractivity contribution in [3.63, 3.8) is 0 Å². The van der Waals surface area contributed by atoms with Crippen LogP contribution in [0.2, 0.25) is 0 Å². The molecule has 1 atom stereocenters. The highest BCUT2D eigenvalue weighted by atomic mass is 35.5. The minimum absolute atomic E-state index is 0.0233. The number of fused-ring (bicyclic) bond motifs is 1. The van der Waals surface area contributed by atoms with Crippen molar-refractivity contribution in [1.82, 2.24) is 9.88 Å². The van der Waals surface area contributed by atoms with E-state index in [2.05, 4.69) is 4.98 Å². The molecule has 4 nitrogen and oxygen atoms in total. The van der Waals surface area contributed by atoms with Crippen molar-refractivity contribution in [2.45, 2.75) is 13.0 Å². The summed E-state index contributed by atoms with van der Waals surface area (Å²) in [5.74, 6) is 0.426. The number of para-hydroxylation sites is 1. The minimum atomic E-state index is -0.0847. The molecule has 5 heteroatoms. The molecule has 0 N–H and O–H groups in total. The number of carbonyl (C=O) groups excluding carboxylic acids is 1. The first kappa shape index (κ1) is 14.3. The highest BCUT2D eigenvalue weighted by Gasteiger charge is 2.25. The van der Waals surface area contributed by atoms with E-state index in [0.717, 1.165) is 16.6 Å². The number of benzene rings is 1. The Bertz CT molecular complexity index is 674. The van der Waals surface area contributed by atoms with Gasteiger partial charge in [-0.3, -0.25) is 9.78 Å². The van der Waals surface area contributed by atoms with Crippen LogP contribution in [0.1, 0.15) is 16.1 Å². The molecule has 0 bridgehead atoms. The van der Waals surface area contributed by atoms with Crippen molar-refractivity contribution in [2.75, 3.05) is 25.6 Å². The highest BCUT2D eigenvalue weighted by molar-refractivity contribution is 6.18. The molecule has 1 fully saturated rings. The summed E-state index contributed by atoms with van der Waals surface area (Å²) in [5.41, 5.74) is 2.40. The van der Waals surface area contributed by atoms with Crippen molar-refractivity contribution in [3.8, 4) is 0 Å². The fourth-order valence-electron chi connectivity index (χ4n) is 2.65. The van der Waals surface area contributed by atoms with Gasteiger partial charge in [0.2, 0.25) is 0 Å². The van der Waals surface area contributed by atoms with E-state index in [1.165, 1.54) is 0 Å². The Balaban J connectivity index is 1.97.